The Morgan fingerprint density at radius 2 is 1.59 bits per heavy atom. The van der Waals surface area contributed by atoms with Crippen LogP contribution in [0, 0.1) is 0 Å². The van der Waals surface area contributed by atoms with Crippen LogP contribution in [0.4, 0.5) is 0 Å². The Bertz CT molecular complexity index is 937. The van der Waals surface area contributed by atoms with Crippen LogP contribution in [0.25, 0.3) is 0 Å². The summed E-state index contributed by atoms with van der Waals surface area (Å²) in [4.78, 5) is 27.5. The van der Waals surface area contributed by atoms with Gasteiger partial charge in [0.05, 0.1) is 14.2 Å². The molecule has 7 heteroatoms. The van der Waals surface area contributed by atoms with Crippen LogP contribution in [-0.4, -0.2) is 57.1 Å². The van der Waals surface area contributed by atoms with Gasteiger partial charge in [-0.1, -0.05) is 12.1 Å². The number of nitrogens with one attached hydrogen (secondary N) is 2. The molecular weight excluding hydrogens is 406 g/mol. The molecule has 0 heterocycles. The van der Waals surface area contributed by atoms with E-state index in [2.05, 4.69) is 29.6 Å². The average molecular weight is 440 g/mol. The number of methoxy groups -OCH3 is 2. The van der Waals surface area contributed by atoms with Crippen LogP contribution in [0.2, 0.25) is 0 Å². The van der Waals surface area contributed by atoms with E-state index in [1.165, 1.54) is 7.11 Å². The maximum absolute atomic E-state index is 12.7. The summed E-state index contributed by atoms with van der Waals surface area (Å²) in [5.41, 5.74) is 1.95. The van der Waals surface area contributed by atoms with Crippen molar-refractivity contribution in [2.75, 3.05) is 28.3 Å². The second kappa shape index (κ2) is 11.0. The highest BCUT2D eigenvalue weighted by atomic mass is 16.5. The Balaban J connectivity index is 1.56. The topological polar surface area (TPSA) is 79.9 Å². The summed E-state index contributed by atoms with van der Waals surface area (Å²) >= 11 is 0. The maximum atomic E-state index is 12.7. The van der Waals surface area contributed by atoms with Crippen LogP contribution in [0.15, 0.2) is 42.5 Å². The van der Waals surface area contributed by atoms with E-state index in [-0.39, 0.29) is 17.9 Å². The molecule has 32 heavy (non-hydrogen) atoms. The highest BCUT2D eigenvalue weighted by Crippen LogP contribution is 2.27. The van der Waals surface area contributed by atoms with Crippen molar-refractivity contribution in [3.8, 4) is 11.5 Å². The molecule has 0 unspecified atom stereocenters. The van der Waals surface area contributed by atoms with Crippen molar-refractivity contribution >= 4 is 11.8 Å². The van der Waals surface area contributed by atoms with E-state index in [0.717, 1.165) is 31.2 Å². The molecule has 3 rings (SSSR count). The lowest BCUT2D eigenvalue weighted by atomic mass is 9.90. The van der Waals surface area contributed by atoms with Gasteiger partial charge in [0, 0.05) is 29.8 Å². The molecule has 0 aliphatic heterocycles. The lowest BCUT2D eigenvalue weighted by Gasteiger charge is -2.33. The van der Waals surface area contributed by atoms with Gasteiger partial charge in [0.1, 0.15) is 0 Å². The summed E-state index contributed by atoms with van der Waals surface area (Å²) < 4.78 is 10.5. The molecule has 0 spiro atoms. The summed E-state index contributed by atoms with van der Waals surface area (Å²) in [6, 6.07) is 13.2. The Kier molecular flexibility index (Phi) is 8.11. The third-order valence-corrected chi connectivity index (χ3v) is 6.05. The van der Waals surface area contributed by atoms with E-state index in [0.29, 0.717) is 35.2 Å². The first-order valence-electron chi connectivity index (χ1n) is 11.0. The summed E-state index contributed by atoms with van der Waals surface area (Å²) in [6.45, 7) is 0.322. The third-order valence-electron chi connectivity index (χ3n) is 6.05. The first-order chi connectivity index (χ1) is 15.4. The highest BCUT2D eigenvalue weighted by Gasteiger charge is 2.23. The smallest absolute Gasteiger partial charge is 0.251 e. The average Bonchev–Trinajstić information content (AvgIpc) is 2.82. The maximum Gasteiger partial charge on any atom is 0.251 e. The minimum absolute atomic E-state index is 0.0635. The van der Waals surface area contributed by atoms with Gasteiger partial charge in [-0.2, -0.15) is 0 Å². The molecule has 0 saturated heterocycles. The fourth-order valence-electron chi connectivity index (χ4n) is 4.09. The largest absolute Gasteiger partial charge is 0.493 e. The number of hydrogen-bond donors (Lipinski definition) is 2. The molecule has 2 aromatic carbocycles. The van der Waals surface area contributed by atoms with Crippen LogP contribution in [0.1, 0.15) is 52.0 Å². The van der Waals surface area contributed by atoms with Gasteiger partial charge in [0.2, 0.25) is 0 Å². The van der Waals surface area contributed by atoms with E-state index in [1.807, 2.05) is 18.2 Å². The Morgan fingerprint density at radius 3 is 2.25 bits per heavy atom. The standard InChI is InChI=1S/C25H33N3O4/c1-28(2)21-11-9-20(10-12-21)27-25(30)18-7-5-6-17(14-18)16-26-24(29)19-8-13-22(31-3)23(15-19)32-4/h5-8,13-15,20-21H,9-12,16H2,1-4H3,(H,26,29)(H,27,30). The molecule has 2 amide bonds. The monoisotopic (exact) mass is 439 g/mol. The lowest BCUT2D eigenvalue weighted by molar-refractivity contribution is 0.0915. The molecule has 1 aliphatic carbocycles. The minimum Gasteiger partial charge on any atom is -0.493 e. The van der Waals surface area contributed by atoms with E-state index >= 15 is 0 Å². The number of carbonyl (C=O) groups is 2. The van der Waals surface area contributed by atoms with Crippen LogP contribution >= 0.6 is 0 Å². The van der Waals surface area contributed by atoms with E-state index in [9.17, 15) is 9.59 Å². The van der Waals surface area contributed by atoms with Gasteiger partial charge in [-0.05, 0) is 75.7 Å². The second-order valence-electron chi connectivity index (χ2n) is 8.40. The summed E-state index contributed by atoms with van der Waals surface area (Å²) in [7, 11) is 7.30. The predicted octanol–water partition coefficient (Wildman–Crippen LogP) is 3.24. The fraction of sp³-hybridized carbons (Fsp3) is 0.440. The molecule has 0 aromatic heterocycles. The predicted molar refractivity (Wildman–Crippen MR) is 124 cm³/mol. The van der Waals surface area contributed by atoms with E-state index < -0.39 is 0 Å². The molecule has 0 bridgehead atoms. The van der Waals surface area contributed by atoms with Crippen LogP contribution in [0.3, 0.4) is 0 Å². The minimum atomic E-state index is -0.224. The third kappa shape index (κ3) is 6.01. The molecule has 1 fully saturated rings. The Labute approximate surface area is 190 Å². The number of carbonyl (C=O) groups excluding carboxylic acids is 2. The molecule has 1 aliphatic rings. The Hall–Kier alpha value is -3.06. The van der Waals surface area contributed by atoms with Crippen molar-refractivity contribution < 1.29 is 19.1 Å². The van der Waals surface area contributed by atoms with Crippen molar-refractivity contribution in [2.24, 2.45) is 0 Å². The van der Waals surface area contributed by atoms with E-state index in [1.54, 1.807) is 31.4 Å². The molecule has 0 radical (unpaired) electrons. The van der Waals surface area contributed by atoms with Crippen molar-refractivity contribution in [3.63, 3.8) is 0 Å². The molecule has 2 N–H and O–H groups in total. The number of rotatable bonds is 8. The zero-order valence-corrected chi connectivity index (χ0v) is 19.3. The zero-order chi connectivity index (χ0) is 23.1. The number of hydrogen-bond acceptors (Lipinski definition) is 5. The number of benzene rings is 2. The summed E-state index contributed by atoms with van der Waals surface area (Å²) in [5, 5.41) is 6.06. The molecule has 2 aromatic rings. The quantitative estimate of drug-likeness (QED) is 0.660. The van der Waals surface area contributed by atoms with Gasteiger partial charge in [-0.25, -0.2) is 0 Å². The van der Waals surface area contributed by atoms with Gasteiger partial charge in [0.25, 0.3) is 11.8 Å². The van der Waals surface area contributed by atoms with Crippen LogP contribution < -0.4 is 20.1 Å². The SMILES string of the molecule is COc1ccc(C(=O)NCc2cccc(C(=O)NC3CCC(N(C)C)CC3)c2)cc1OC. The van der Waals surface area contributed by atoms with Crippen molar-refractivity contribution in [2.45, 2.75) is 44.3 Å². The first kappa shape index (κ1) is 23.6. The fourth-order valence-corrected chi connectivity index (χ4v) is 4.09. The molecule has 1 saturated carbocycles. The van der Waals surface area contributed by atoms with Gasteiger partial charge in [0.15, 0.2) is 11.5 Å². The van der Waals surface area contributed by atoms with Crippen LogP contribution in [0.5, 0.6) is 11.5 Å². The van der Waals surface area contributed by atoms with Gasteiger partial charge in [-0.15, -0.1) is 0 Å². The second-order valence-corrected chi connectivity index (χ2v) is 8.40. The molecule has 0 atom stereocenters. The van der Waals surface area contributed by atoms with Crippen molar-refractivity contribution in [1.29, 1.82) is 0 Å². The summed E-state index contributed by atoms with van der Waals surface area (Å²) in [6.07, 6.45) is 4.19. The van der Waals surface area contributed by atoms with Gasteiger partial charge >= 0.3 is 0 Å². The molecular formula is C25H33N3O4. The number of ether oxygens (including phenoxy) is 2. The summed E-state index contributed by atoms with van der Waals surface area (Å²) in [5.74, 6) is 0.779. The lowest BCUT2D eigenvalue weighted by Crippen LogP contribution is -2.41. The van der Waals surface area contributed by atoms with E-state index in [4.69, 9.17) is 9.47 Å². The Morgan fingerprint density at radius 1 is 0.906 bits per heavy atom. The zero-order valence-electron chi connectivity index (χ0n) is 19.3. The number of nitrogens with zero attached hydrogens (tertiary/aromatic N) is 1. The van der Waals surface area contributed by atoms with Gasteiger partial charge in [-0.3, -0.25) is 9.59 Å². The van der Waals surface area contributed by atoms with Gasteiger partial charge < -0.3 is 25.0 Å². The van der Waals surface area contributed by atoms with Crippen molar-refractivity contribution in [1.82, 2.24) is 15.5 Å². The normalized spacial score (nSPS) is 18.2. The number of amides is 2. The first-order valence-corrected chi connectivity index (χ1v) is 11.0. The highest BCUT2D eigenvalue weighted by molar-refractivity contribution is 5.95. The van der Waals surface area contributed by atoms with Crippen LogP contribution in [-0.2, 0) is 6.54 Å². The molecule has 7 nitrogen and oxygen atoms in total. The van der Waals surface area contributed by atoms with Crippen molar-refractivity contribution in [3.05, 3.63) is 59.2 Å². The molecule has 172 valence electrons.